The van der Waals surface area contributed by atoms with E-state index in [-0.39, 0.29) is 22.6 Å². The quantitative estimate of drug-likeness (QED) is 0.521. The molecular formula is C20H18F3N3O5. The number of aryl methyl sites for hydroxylation is 1. The van der Waals surface area contributed by atoms with Gasteiger partial charge < -0.3 is 25.3 Å². The first-order chi connectivity index (χ1) is 14.6. The van der Waals surface area contributed by atoms with Crippen LogP contribution in [0.3, 0.4) is 0 Å². The normalized spacial score (nSPS) is 12.5. The lowest BCUT2D eigenvalue weighted by Gasteiger charge is -2.13. The summed E-state index contributed by atoms with van der Waals surface area (Å²) in [6.45, 7) is 0.441. The van der Waals surface area contributed by atoms with Crippen molar-refractivity contribution in [2.45, 2.75) is 25.7 Å². The van der Waals surface area contributed by atoms with Gasteiger partial charge in [-0.25, -0.2) is 0 Å². The van der Waals surface area contributed by atoms with Crippen LogP contribution in [0, 0.1) is 6.92 Å². The number of primary amides is 1. The average molecular weight is 437 g/mol. The van der Waals surface area contributed by atoms with E-state index in [1.807, 2.05) is 0 Å². The van der Waals surface area contributed by atoms with E-state index < -0.39 is 42.9 Å². The number of nitrogens with two attached hydrogens (primary N) is 1. The SMILES string of the molecule is Cc1oc2ccc(OCc3cccnc3C(F)(F)F)cc2c1C(=O)N[C@@H](CO)C(N)=O. The molecule has 3 rings (SSSR count). The van der Waals surface area contributed by atoms with Crippen molar-refractivity contribution in [3.63, 3.8) is 0 Å². The van der Waals surface area contributed by atoms with Crippen LogP contribution in [0.25, 0.3) is 11.0 Å². The predicted molar refractivity (Wildman–Crippen MR) is 102 cm³/mol. The molecule has 164 valence electrons. The van der Waals surface area contributed by atoms with Crippen LogP contribution in [-0.2, 0) is 17.6 Å². The van der Waals surface area contributed by atoms with Crippen molar-refractivity contribution in [2.75, 3.05) is 6.61 Å². The number of aromatic nitrogens is 1. The molecule has 1 atom stereocenters. The summed E-state index contributed by atoms with van der Waals surface area (Å²) < 4.78 is 50.3. The minimum Gasteiger partial charge on any atom is -0.489 e. The lowest BCUT2D eigenvalue weighted by molar-refractivity contribution is -0.142. The maximum absolute atomic E-state index is 13.1. The Bertz CT molecular complexity index is 1130. The summed E-state index contributed by atoms with van der Waals surface area (Å²) in [4.78, 5) is 27.2. The number of halogens is 3. The standard InChI is InChI=1S/C20H18F3N3O5/c1-10-16(19(29)26-14(8-27)18(24)28)13-7-12(4-5-15(13)31-10)30-9-11-3-2-6-25-17(11)20(21,22)23/h2-7,14,27H,8-9H2,1H3,(H2,24,28)(H,26,29)/t14-/m0/s1. The van der Waals surface area contributed by atoms with Crippen molar-refractivity contribution < 1.29 is 37.0 Å². The number of nitrogens with zero attached hydrogens (tertiary/aromatic N) is 1. The molecule has 11 heteroatoms. The van der Waals surface area contributed by atoms with Gasteiger partial charge in [-0.15, -0.1) is 0 Å². The maximum atomic E-state index is 13.1. The molecule has 8 nitrogen and oxygen atoms in total. The Kier molecular flexibility index (Phi) is 6.16. The van der Waals surface area contributed by atoms with Gasteiger partial charge in [-0.05, 0) is 31.2 Å². The van der Waals surface area contributed by atoms with Crippen LogP contribution in [0.15, 0.2) is 40.9 Å². The monoisotopic (exact) mass is 437 g/mol. The third-order valence-electron chi connectivity index (χ3n) is 4.45. The van der Waals surface area contributed by atoms with E-state index in [9.17, 15) is 27.9 Å². The Labute approximate surface area is 173 Å². The number of hydrogen-bond acceptors (Lipinski definition) is 6. The van der Waals surface area contributed by atoms with E-state index in [0.717, 1.165) is 6.20 Å². The smallest absolute Gasteiger partial charge is 0.433 e. The first kappa shape index (κ1) is 22.1. The number of nitrogens with one attached hydrogen (secondary N) is 1. The van der Waals surface area contributed by atoms with Crippen LogP contribution < -0.4 is 15.8 Å². The molecule has 0 bridgehead atoms. The van der Waals surface area contributed by atoms with Gasteiger partial charge in [-0.2, -0.15) is 13.2 Å². The molecular weight excluding hydrogens is 419 g/mol. The van der Waals surface area contributed by atoms with E-state index in [0.29, 0.717) is 11.0 Å². The molecule has 2 aromatic heterocycles. The zero-order chi connectivity index (χ0) is 22.8. The number of aliphatic hydroxyl groups excluding tert-OH is 1. The van der Waals surface area contributed by atoms with Crippen LogP contribution in [0.4, 0.5) is 13.2 Å². The Morgan fingerprint density at radius 1 is 1.32 bits per heavy atom. The van der Waals surface area contributed by atoms with Gasteiger partial charge >= 0.3 is 6.18 Å². The minimum atomic E-state index is -4.62. The second-order valence-electron chi connectivity index (χ2n) is 6.60. The number of aliphatic hydroxyl groups is 1. The van der Waals surface area contributed by atoms with Crippen molar-refractivity contribution in [3.8, 4) is 5.75 Å². The first-order valence-corrected chi connectivity index (χ1v) is 9.00. The fraction of sp³-hybridized carbons (Fsp3) is 0.250. The second kappa shape index (κ2) is 8.64. The number of benzene rings is 1. The Morgan fingerprint density at radius 3 is 2.71 bits per heavy atom. The van der Waals surface area contributed by atoms with Gasteiger partial charge in [0.2, 0.25) is 5.91 Å². The highest BCUT2D eigenvalue weighted by Crippen LogP contribution is 2.32. The van der Waals surface area contributed by atoms with Crippen molar-refractivity contribution in [1.82, 2.24) is 10.3 Å². The van der Waals surface area contributed by atoms with Crippen LogP contribution in [0.2, 0.25) is 0 Å². The number of hydrogen-bond donors (Lipinski definition) is 3. The maximum Gasteiger partial charge on any atom is 0.433 e. The summed E-state index contributed by atoms with van der Waals surface area (Å²) in [5.41, 5.74) is 4.33. The third kappa shape index (κ3) is 4.77. The second-order valence-corrected chi connectivity index (χ2v) is 6.60. The third-order valence-corrected chi connectivity index (χ3v) is 4.45. The number of carbonyl (C=O) groups excluding carboxylic acids is 2. The van der Waals surface area contributed by atoms with E-state index in [4.69, 9.17) is 14.9 Å². The van der Waals surface area contributed by atoms with Crippen molar-refractivity contribution in [2.24, 2.45) is 5.73 Å². The largest absolute Gasteiger partial charge is 0.489 e. The van der Waals surface area contributed by atoms with Gasteiger partial charge in [0.1, 0.15) is 29.7 Å². The number of alkyl halides is 3. The fourth-order valence-corrected chi connectivity index (χ4v) is 2.98. The van der Waals surface area contributed by atoms with E-state index in [1.54, 1.807) is 0 Å². The molecule has 0 spiro atoms. The molecule has 0 aliphatic heterocycles. The van der Waals surface area contributed by atoms with Gasteiger partial charge in [0.15, 0.2) is 5.69 Å². The number of ether oxygens (including phenoxy) is 1. The molecule has 0 unspecified atom stereocenters. The Hall–Kier alpha value is -3.60. The number of furan rings is 1. The fourth-order valence-electron chi connectivity index (χ4n) is 2.98. The summed E-state index contributed by atoms with van der Waals surface area (Å²) >= 11 is 0. The van der Waals surface area contributed by atoms with Crippen LogP contribution in [-0.4, -0.2) is 34.6 Å². The highest BCUT2D eigenvalue weighted by Gasteiger charge is 2.35. The van der Waals surface area contributed by atoms with E-state index in [2.05, 4.69) is 10.3 Å². The number of carbonyl (C=O) groups is 2. The molecule has 0 radical (unpaired) electrons. The Morgan fingerprint density at radius 2 is 2.06 bits per heavy atom. The average Bonchev–Trinajstić information content (AvgIpc) is 3.04. The van der Waals surface area contributed by atoms with Crippen LogP contribution >= 0.6 is 0 Å². The predicted octanol–water partition coefficient (Wildman–Crippen LogP) is 2.31. The molecule has 2 amide bonds. The molecule has 0 saturated heterocycles. The highest BCUT2D eigenvalue weighted by molar-refractivity contribution is 6.08. The molecule has 4 N–H and O–H groups in total. The Balaban J connectivity index is 1.87. The molecule has 2 heterocycles. The zero-order valence-corrected chi connectivity index (χ0v) is 16.2. The van der Waals surface area contributed by atoms with Crippen molar-refractivity contribution in [3.05, 3.63) is 59.1 Å². The zero-order valence-electron chi connectivity index (χ0n) is 16.2. The summed E-state index contributed by atoms with van der Waals surface area (Å²) in [7, 11) is 0. The van der Waals surface area contributed by atoms with Gasteiger partial charge in [-0.3, -0.25) is 14.6 Å². The summed E-state index contributed by atoms with van der Waals surface area (Å²) in [5, 5.41) is 11.8. The number of amides is 2. The van der Waals surface area contributed by atoms with Crippen molar-refractivity contribution in [1.29, 1.82) is 0 Å². The number of fused-ring (bicyclic) bond motifs is 1. The van der Waals surface area contributed by atoms with Gasteiger partial charge in [0.05, 0.1) is 12.2 Å². The molecule has 0 aliphatic carbocycles. The van der Waals surface area contributed by atoms with E-state index >= 15 is 0 Å². The lowest BCUT2D eigenvalue weighted by Crippen LogP contribution is -2.46. The van der Waals surface area contributed by atoms with Crippen LogP contribution in [0.1, 0.15) is 27.4 Å². The summed E-state index contributed by atoms with van der Waals surface area (Å²) in [6.07, 6.45) is -3.58. The van der Waals surface area contributed by atoms with E-state index in [1.165, 1.54) is 37.3 Å². The molecule has 0 saturated carbocycles. The van der Waals surface area contributed by atoms with Crippen molar-refractivity contribution >= 4 is 22.8 Å². The lowest BCUT2D eigenvalue weighted by atomic mass is 10.1. The van der Waals surface area contributed by atoms with Gasteiger partial charge in [0, 0.05) is 17.1 Å². The first-order valence-electron chi connectivity index (χ1n) is 9.00. The molecule has 1 aromatic carbocycles. The number of pyridine rings is 1. The summed E-state index contributed by atoms with van der Waals surface area (Å²) in [6, 6.07) is 5.75. The van der Waals surface area contributed by atoms with Crippen LogP contribution in [0.5, 0.6) is 5.75 Å². The number of rotatable bonds is 7. The minimum absolute atomic E-state index is 0.0810. The summed E-state index contributed by atoms with van der Waals surface area (Å²) in [5.74, 6) is -1.20. The highest BCUT2D eigenvalue weighted by atomic mass is 19.4. The van der Waals surface area contributed by atoms with Gasteiger partial charge in [-0.1, -0.05) is 6.07 Å². The molecule has 31 heavy (non-hydrogen) atoms. The molecule has 0 fully saturated rings. The topological polar surface area (TPSA) is 128 Å². The molecule has 0 aliphatic rings. The molecule has 3 aromatic rings. The van der Waals surface area contributed by atoms with Gasteiger partial charge in [0.25, 0.3) is 5.91 Å².